The van der Waals surface area contributed by atoms with Gasteiger partial charge in [-0.1, -0.05) is 11.6 Å². The number of anilines is 1. The Morgan fingerprint density at radius 1 is 1.57 bits per heavy atom. The van der Waals surface area contributed by atoms with Gasteiger partial charge in [-0.3, -0.25) is 4.79 Å². The minimum Gasteiger partial charge on any atom is -0.383 e. The Labute approximate surface area is 87.7 Å². The number of nitrogens with zero attached hydrogens (tertiary/aromatic N) is 1. The van der Waals surface area contributed by atoms with Crippen molar-refractivity contribution in [3.8, 4) is 0 Å². The molecule has 0 spiro atoms. The van der Waals surface area contributed by atoms with Crippen LogP contribution in [0.15, 0.2) is 18.3 Å². The standard InChI is InChI=1S/C9H12ClN3O/c1-7(14)11-4-5-12-8-2-3-13-9(10)6-8/h2-3,6H,4-5H2,1H3,(H,11,14)(H,12,13). The van der Waals surface area contributed by atoms with Gasteiger partial charge in [0, 0.05) is 31.9 Å². The second kappa shape index (κ2) is 5.44. The van der Waals surface area contributed by atoms with Crippen molar-refractivity contribution in [2.24, 2.45) is 0 Å². The number of pyridine rings is 1. The van der Waals surface area contributed by atoms with Crippen LogP contribution < -0.4 is 10.6 Å². The molecule has 0 fully saturated rings. The maximum atomic E-state index is 10.5. The summed E-state index contributed by atoms with van der Waals surface area (Å²) in [5, 5.41) is 6.24. The van der Waals surface area contributed by atoms with Crippen molar-refractivity contribution in [2.45, 2.75) is 6.92 Å². The van der Waals surface area contributed by atoms with Gasteiger partial charge in [-0.2, -0.15) is 0 Å². The average molecular weight is 214 g/mol. The normalized spacial score (nSPS) is 9.57. The molecule has 5 heteroatoms. The Kier molecular flexibility index (Phi) is 4.19. The van der Waals surface area contributed by atoms with Gasteiger partial charge in [-0.15, -0.1) is 0 Å². The maximum absolute atomic E-state index is 10.5. The molecule has 0 aromatic carbocycles. The fraction of sp³-hybridized carbons (Fsp3) is 0.333. The summed E-state index contributed by atoms with van der Waals surface area (Å²) in [4.78, 5) is 14.4. The van der Waals surface area contributed by atoms with Crippen LogP contribution in [0.3, 0.4) is 0 Å². The van der Waals surface area contributed by atoms with Gasteiger partial charge in [0.15, 0.2) is 0 Å². The summed E-state index contributed by atoms with van der Waals surface area (Å²) in [6, 6.07) is 3.55. The third-order valence-electron chi connectivity index (χ3n) is 1.55. The number of nitrogens with one attached hydrogen (secondary N) is 2. The number of amides is 1. The molecule has 4 nitrogen and oxygen atoms in total. The molecule has 0 unspecified atom stereocenters. The predicted molar refractivity (Wildman–Crippen MR) is 56.4 cm³/mol. The van der Waals surface area contributed by atoms with Crippen LogP contribution in [-0.2, 0) is 4.79 Å². The van der Waals surface area contributed by atoms with E-state index in [4.69, 9.17) is 11.6 Å². The predicted octanol–water partition coefficient (Wildman–Crippen LogP) is 1.28. The molecule has 0 aliphatic rings. The van der Waals surface area contributed by atoms with Gasteiger partial charge in [0.25, 0.3) is 0 Å². The van der Waals surface area contributed by atoms with E-state index in [0.717, 1.165) is 5.69 Å². The smallest absolute Gasteiger partial charge is 0.216 e. The number of carbonyl (C=O) groups excluding carboxylic acids is 1. The fourth-order valence-corrected chi connectivity index (χ4v) is 1.13. The van der Waals surface area contributed by atoms with E-state index in [-0.39, 0.29) is 5.91 Å². The number of halogens is 1. The summed E-state index contributed by atoms with van der Waals surface area (Å²) in [6.45, 7) is 2.75. The Hall–Kier alpha value is -1.29. The van der Waals surface area contributed by atoms with Crippen LogP contribution in [-0.4, -0.2) is 24.0 Å². The van der Waals surface area contributed by atoms with Crippen molar-refractivity contribution in [3.05, 3.63) is 23.5 Å². The summed E-state index contributed by atoms with van der Waals surface area (Å²) in [7, 11) is 0. The summed E-state index contributed by atoms with van der Waals surface area (Å²) < 4.78 is 0. The van der Waals surface area contributed by atoms with Crippen LogP contribution in [0.1, 0.15) is 6.92 Å². The van der Waals surface area contributed by atoms with E-state index >= 15 is 0 Å². The highest BCUT2D eigenvalue weighted by Gasteiger charge is 1.94. The first-order chi connectivity index (χ1) is 6.68. The first-order valence-electron chi connectivity index (χ1n) is 4.28. The Balaban J connectivity index is 2.28. The lowest BCUT2D eigenvalue weighted by Crippen LogP contribution is -2.26. The molecule has 0 aliphatic carbocycles. The van der Waals surface area contributed by atoms with Crippen LogP contribution in [0.2, 0.25) is 5.15 Å². The molecule has 0 bridgehead atoms. The summed E-state index contributed by atoms with van der Waals surface area (Å²) in [5.74, 6) is -0.0282. The highest BCUT2D eigenvalue weighted by molar-refractivity contribution is 6.29. The first kappa shape index (κ1) is 10.8. The number of carbonyl (C=O) groups is 1. The first-order valence-corrected chi connectivity index (χ1v) is 4.66. The summed E-state index contributed by atoms with van der Waals surface area (Å²) in [5.41, 5.74) is 0.898. The Morgan fingerprint density at radius 3 is 3.00 bits per heavy atom. The second-order valence-electron chi connectivity index (χ2n) is 2.78. The highest BCUT2D eigenvalue weighted by atomic mass is 35.5. The molecular weight excluding hydrogens is 202 g/mol. The number of aromatic nitrogens is 1. The van der Waals surface area contributed by atoms with Crippen LogP contribution >= 0.6 is 11.6 Å². The Bertz CT molecular complexity index is 317. The maximum Gasteiger partial charge on any atom is 0.216 e. The zero-order valence-electron chi connectivity index (χ0n) is 7.88. The summed E-state index contributed by atoms with van der Waals surface area (Å²) in [6.07, 6.45) is 1.63. The van der Waals surface area contributed by atoms with Gasteiger partial charge < -0.3 is 10.6 Å². The molecule has 14 heavy (non-hydrogen) atoms. The molecule has 0 aliphatic heterocycles. The topological polar surface area (TPSA) is 54.0 Å². The molecule has 1 heterocycles. The molecule has 76 valence electrons. The molecule has 2 N–H and O–H groups in total. The quantitative estimate of drug-likeness (QED) is 0.585. The third kappa shape index (κ3) is 4.09. The van der Waals surface area contributed by atoms with E-state index in [0.29, 0.717) is 18.2 Å². The zero-order chi connectivity index (χ0) is 10.4. The lowest BCUT2D eigenvalue weighted by atomic mass is 10.4. The highest BCUT2D eigenvalue weighted by Crippen LogP contribution is 2.10. The van der Waals surface area contributed by atoms with Crippen LogP contribution in [0.5, 0.6) is 0 Å². The molecule has 0 saturated heterocycles. The lowest BCUT2D eigenvalue weighted by molar-refractivity contribution is -0.118. The van der Waals surface area contributed by atoms with Gasteiger partial charge in [0.05, 0.1) is 0 Å². The molecule has 0 atom stereocenters. The molecular formula is C9H12ClN3O. The van der Waals surface area contributed by atoms with Crippen LogP contribution in [0, 0.1) is 0 Å². The van der Waals surface area contributed by atoms with Crippen molar-refractivity contribution in [2.75, 3.05) is 18.4 Å². The van der Waals surface area contributed by atoms with E-state index in [1.807, 2.05) is 6.07 Å². The lowest BCUT2D eigenvalue weighted by Gasteiger charge is -2.06. The van der Waals surface area contributed by atoms with Crippen molar-refractivity contribution in [3.63, 3.8) is 0 Å². The number of hydrogen-bond acceptors (Lipinski definition) is 3. The molecule has 1 aromatic rings. The van der Waals surface area contributed by atoms with Crippen molar-refractivity contribution in [1.82, 2.24) is 10.3 Å². The molecule has 1 rings (SSSR count). The monoisotopic (exact) mass is 213 g/mol. The second-order valence-corrected chi connectivity index (χ2v) is 3.16. The van der Waals surface area contributed by atoms with Gasteiger partial charge in [0.1, 0.15) is 5.15 Å². The van der Waals surface area contributed by atoms with Crippen molar-refractivity contribution in [1.29, 1.82) is 0 Å². The fourth-order valence-electron chi connectivity index (χ4n) is 0.958. The number of rotatable bonds is 4. The van der Waals surface area contributed by atoms with E-state index in [1.54, 1.807) is 12.3 Å². The van der Waals surface area contributed by atoms with E-state index in [9.17, 15) is 4.79 Å². The van der Waals surface area contributed by atoms with Gasteiger partial charge in [-0.05, 0) is 12.1 Å². The van der Waals surface area contributed by atoms with Crippen molar-refractivity contribution < 1.29 is 4.79 Å². The Morgan fingerprint density at radius 2 is 2.36 bits per heavy atom. The third-order valence-corrected chi connectivity index (χ3v) is 1.76. The molecule has 1 amide bonds. The average Bonchev–Trinajstić information content (AvgIpc) is 2.12. The molecule has 0 radical (unpaired) electrons. The minimum absolute atomic E-state index is 0.0282. The summed E-state index contributed by atoms with van der Waals surface area (Å²) >= 11 is 5.69. The minimum atomic E-state index is -0.0282. The molecule has 0 saturated carbocycles. The van der Waals surface area contributed by atoms with Crippen LogP contribution in [0.4, 0.5) is 5.69 Å². The van der Waals surface area contributed by atoms with E-state index in [2.05, 4.69) is 15.6 Å². The largest absolute Gasteiger partial charge is 0.383 e. The SMILES string of the molecule is CC(=O)NCCNc1ccnc(Cl)c1. The number of hydrogen-bond donors (Lipinski definition) is 2. The van der Waals surface area contributed by atoms with Crippen LogP contribution in [0.25, 0.3) is 0 Å². The van der Waals surface area contributed by atoms with E-state index in [1.165, 1.54) is 6.92 Å². The van der Waals surface area contributed by atoms with Gasteiger partial charge in [0.2, 0.25) is 5.91 Å². The zero-order valence-corrected chi connectivity index (χ0v) is 8.64. The van der Waals surface area contributed by atoms with Crippen molar-refractivity contribution >= 4 is 23.2 Å². The molecule has 1 aromatic heterocycles. The van der Waals surface area contributed by atoms with Gasteiger partial charge >= 0.3 is 0 Å². The van der Waals surface area contributed by atoms with Gasteiger partial charge in [-0.25, -0.2) is 4.98 Å². The van der Waals surface area contributed by atoms with E-state index < -0.39 is 0 Å².